The summed E-state index contributed by atoms with van der Waals surface area (Å²) in [6.45, 7) is 3.94. The van der Waals surface area contributed by atoms with Crippen LogP contribution in [0.25, 0.3) is 5.57 Å². The van der Waals surface area contributed by atoms with E-state index in [9.17, 15) is 4.79 Å². The molecule has 3 rings (SSSR count). The van der Waals surface area contributed by atoms with Crippen molar-refractivity contribution in [2.75, 3.05) is 25.0 Å². The molecular formula is C17H21N5O. The highest BCUT2D eigenvalue weighted by Crippen LogP contribution is 2.19. The van der Waals surface area contributed by atoms with Crippen LogP contribution >= 0.6 is 0 Å². The van der Waals surface area contributed by atoms with Gasteiger partial charge >= 0.3 is 0 Å². The van der Waals surface area contributed by atoms with E-state index in [4.69, 9.17) is 0 Å². The number of amides is 1. The van der Waals surface area contributed by atoms with Crippen molar-refractivity contribution in [3.63, 3.8) is 0 Å². The Morgan fingerprint density at radius 2 is 2.30 bits per heavy atom. The summed E-state index contributed by atoms with van der Waals surface area (Å²) in [6, 6.07) is 5.86. The molecule has 0 spiro atoms. The van der Waals surface area contributed by atoms with Crippen molar-refractivity contribution in [1.82, 2.24) is 19.7 Å². The van der Waals surface area contributed by atoms with E-state index in [1.807, 2.05) is 32.3 Å². The minimum absolute atomic E-state index is 0.0135. The van der Waals surface area contributed by atoms with Crippen LogP contribution in [0.2, 0.25) is 0 Å². The van der Waals surface area contributed by atoms with Crippen molar-refractivity contribution >= 4 is 17.3 Å². The van der Waals surface area contributed by atoms with Crippen LogP contribution in [0.3, 0.4) is 0 Å². The van der Waals surface area contributed by atoms with Gasteiger partial charge in [0, 0.05) is 38.6 Å². The molecule has 0 bridgehead atoms. The van der Waals surface area contributed by atoms with Gasteiger partial charge in [-0.3, -0.25) is 19.4 Å². The zero-order chi connectivity index (χ0) is 16.2. The van der Waals surface area contributed by atoms with Gasteiger partial charge in [0.15, 0.2) is 0 Å². The summed E-state index contributed by atoms with van der Waals surface area (Å²) in [5, 5.41) is 7.16. The van der Waals surface area contributed by atoms with Crippen molar-refractivity contribution in [3.05, 3.63) is 47.9 Å². The second kappa shape index (κ2) is 6.75. The highest BCUT2D eigenvalue weighted by Gasteiger charge is 2.17. The van der Waals surface area contributed by atoms with Crippen LogP contribution in [0.4, 0.5) is 5.82 Å². The highest BCUT2D eigenvalue weighted by molar-refractivity contribution is 5.91. The lowest BCUT2D eigenvalue weighted by molar-refractivity contribution is -0.117. The van der Waals surface area contributed by atoms with Gasteiger partial charge in [-0.15, -0.1) is 0 Å². The molecule has 3 heterocycles. The minimum atomic E-state index is -0.0135. The molecule has 23 heavy (non-hydrogen) atoms. The van der Waals surface area contributed by atoms with Crippen LogP contribution in [0.15, 0.2) is 36.7 Å². The van der Waals surface area contributed by atoms with Crippen molar-refractivity contribution in [2.45, 2.75) is 13.3 Å². The fraction of sp³-hybridized carbons (Fsp3) is 0.353. The maximum absolute atomic E-state index is 12.3. The molecule has 2 aromatic heterocycles. The molecule has 120 valence electrons. The molecule has 0 atom stereocenters. The molecule has 0 unspecified atom stereocenters. The Labute approximate surface area is 135 Å². The summed E-state index contributed by atoms with van der Waals surface area (Å²) in [4.78, 5) is 18.6. The molecule has 0 aliphatic carbocycles. The molecule has 1 aliphatic rings. The van der Waals surface area contributed by atoms with E-state index in [0.29, 0.717) is 6.54 Å². The summed E-state index contributed by atoms with van der Waals surface area (Å²) in [6.07, 6.45) is 6.82. The van der Waals surface area contributed by atoms with E-state index in [1.54, 1.807) is 10.9 Å². The second-order valence-electron chi connectivity index (χ2n) is 5.81. The molecular weight excluding hydrogens is 290 g/mol. The van der Waals surface area contributed by atoms with E-state index < -0.39 is 0 Å². The number of carbonyl (C=O) groups excluding carboxylic acids is 1. The molecule has 6 heteroatoms. The van der Waals surface area contributed by atoms with E-state index in [0.717, 1.165) is 36.6 Å². The van der Waals surface area contributed by atoms with Crippen LogP contribution in [-0.2, 0) is 11.8 Å². The largest absolute Gasteiger partial charge is 0.310 e. The molecule has 1 N–H and O–H groups in total. The molecule has 6 nitrogen and oxygen atoms in total. The topological polar surface area (TPSA) is 63.1 Å². The zero-order valence-electron chi connectivity index (χ0n) is 13.5. The van der Waals surface area contributed by atoms with Gasteiger partial charge in [0.25, 0.3) is 0 Å². The summed E-state index contributed by atoms with van der Waals surface area (Å²) >= 11 is 0. The number of carbonyl (C=O) groups is 1. The maximum Gasteiger partial charge on any atom is 0.239 e. The van der Waals surface area contributed by atoms with Crippen LogP contribution in [0.5, 0.6) is 0 Å². The molecule has 1 amide bonds. The van der Waals surface area contributed by atoms with Crippen molar-refractivity contribution in [1.29, 1.82) is 0 Å². The number of anilines is 1. The van der Waals surface area contributed by atoms with Crippen molar-refractivity contribution in [3.8, 4) is 0 Å². The van der Waals surface area contributed by atoms with Gasteiger partial charge < -0.3 is 5.32 Å². The molecule has 2 aromatic rings. The number of hydrogen-bond acceptors (Lipinski definition) is 4. The third-order valence-corrected chi connectivity index (χ3v) is 3.90. The van der Waals surface area contributed by atoms with Gasteiger partial charge in [0.2, 0.25) is 5.91 Å². The summed E-state index contributed by atoms with van der Waals surface area (Å²) < 4.78 is 1.68. The first kappa shape index (κ1) is 15.4. The highest BCUT2D eigenvalue weighted by atomic mass is 16.2. The minimum Gasteiger partial charge on any atom is -0.310 e. The van der Waals surface area contributed by atoms with Crippen LogP contribution in [-0.4, -0.2) is 45.2 Å². The predicted octanol–water partition coefficient (Wildman–Crippen LogP) is 1.85. The third-order valence-electron chi connectivity index (χ3n) is 3.90. The first-order valence-electron chi connectivity index (χ1n) is 7.74. The normalized spacial score (nSPS) is 15.3. The first-order chi connectivity index (χ1) is 11.1. The number of nitrogens with zero attached hydrogens (tertiary/aromatic N) is 4. The number of nitrogens with one attached hydrogen (secondary N) is 1. The number of hydrogen-bond donors (Lipinski definition) is 1. The average Bonchev–Trinajstić information content (AvgIpc) is 2.86. The Balaban J connectivity index is 1.59. The Kier molecular flexibility index (Phi) is 4.52. The van der Waals surface area contributed by atoms with Crippen LogP contribution in [0, 0.1) is 6.92 Å². The number of aromatic nitrogens is 3. The monoisotopic (exact) mass is 311 g/mol. The smallest absolute Gasteiger partial charge is 0.239 e. The fourth-order valence-corrected chi connectivity index (χ4v) is 2.82. The zero-order valence-corrected chi connectivity index (χ0v) is 13.5. The Hall–Kier alpha value is -2.47. The van der Waals surface area contributed by atoms with E-state index in [1.165, 1.54) is 5.57 Å². The van der Waals surface area contributed by atoms with Gasteiger partial charge in [-0.1, -0.05) is 12.1 Å². The first-order valence-corrected chi connectivity index (χ1v) is 7.74. The van der Waals surface area contributed by atoms with E-state index >= 15 is 0 Å². The Bertz CT molecular complexity index is 720. The molecule has 0 saturated carbocycles. The summed E-state index contributed by atoms with van der Waals surface area (Å²) in [5.74, 6) is 0.716. The van der Waals surface area contributed by atoms with E-state index in [2.05, 4.69) is 32.4 Å². The summed E-state index contributed by atoms with van der Waals surface area (Å²) in [5.41, 5.74) is 3.25. The lowest BCUT2D eigenvalue weighted by atomic mass is 10.0. The molecule has 0 aromatic carbocycles. The van der Waals surface area contributed by atoms with Crippen LogP contribution in [0.1, 0.15) is 17.7 Å². The second-order valence-corrected chi connectivity index (χ2v) is 5.81. The predicted molar refractivity (Wildman–Crippen MR) is 89.8 cm³/mol. The molecule has 1 aliphatic heterocycles. The lowest BCUT2D eigenvalue weighted by Crippen LogP contribution is -2.37. The lowest BCUT2D eigenvalue weighted by Gasteiger charge is -2.26. The molecule has 0 radical (unpaired) electrons. The number of rotatable bonds is 4. The van der Waals surface area contributed by atoms with Gasteiger partial charge in [-0.05, 0) is 30.5 Å². The van der Waals surface area contributed by atoms with Gasteiger partial charge in [-0.2, -0.15) is 5.10 Å². The SMILES string of the molecule is Cc1cc(NC(=O)CN2CCC=C(c3cccnc3)C2)n(C)n1. The van der Waals surface area contributed by atoms with Gasteiger partial charge in [-0.25, -0.2) is 0 Å². The molecule has 0 fully saturated rings. The van der Waals surface area contributed by atoms with Crippen LogP contribution < -0.4 is 5.32 Å². The van der Waals surface area contributed by atoms with Gasteiger partial charge in [0.1, 0.15) is 5.82 Å². The standard InChI is InChI=1S/C17H21N5O/c1-13-9-16(21(2)20-13)19-17(23)12-22-8-4-6-15(11-22)14-5-3-7-18-10-14/h3,5-7,9-10H,4,8,11-12H2,1-2H3,(H,19,23). The average molecular weight is 311 g/mol. The third kappa shape index (κ3) is 3.84. The molecule has 0 saturated heterocycles. The maximum atomic E-state index is 12.3. The van der Waals surface area contributed by atoms with Gasteiger partial charge in [0.05, 0.1) is 12.2 Å². The quantitative estimate of drug-likeness (QED) is 0.936. The van der Waals surface area contributed by atoms with Crippen molar-refractivity contribution < 1.29 is 4.79 Å². The Morgan fingerprint density at radius 1 is 1.43 bits per heavy atom. The van der Waals surface area contributed by atoms with E-state index in [-0.39, 0.29) is 5.91 Å². The number of aryl methyl sites for hydroxylation is 2. The fourth-order valence-electron chi connectivity index (χ4n) is 2.82. The summed E-state index contributed by atoms with van der Waals surface area (Å²) in [7, 11) is 1.83. The Morgan fingerprint density at radius 3 is 3.00 bits per heavy atom. The number of pyridine rings is 1. The van der Waals surface area contributed by atoms with Crippen molar-refractivity contribution in [2.24, 2.45) is 7.05 Å².